The quantitative estimate of drug-likeness (QED) is 0.928. The average Bonchev–Trinajstić information content (AvgIpc) is 2.40. The maximum atomic E-state index is 12.4. The number of aryl methyl sites for hydroxylation is 1. The standard InChI is InChI=1S/C15H18ClN3O2S/c1-10-6-5-7-11(14(10)16)22(20,21)19-13-9-8-12(17-18-13)15(2,3)4/h5-9H,1-4H3,(H,18,19). The van der Waals surface area contributed by atoms with E-state index in [9.17, 15) is 8.42 Å². The number of hydrogen-bond donors (Lipinski definition) is 1. The van der Waals surface area contributed by atoms with Crippen LogP contribution in [-0.4, -0.2) is 18.6 Å². The second-order valence-electron chi connectivity index (χ2n) is 6.05. The molecule has 2 rings (SSSR count). The summed E-state index contributed by atoms with van der Waals surface area (Å²) >= 11 is 6.07. The van der Waals surface area contributed by atoms with Crippen molar-refractivity contribution in [2.75, 3.05) is 4.72 Å². The van der Waals surface area contributed by atoms with Gasteiger partial charge in [0.15, 0.2) is 5.82 Å². The summed E-state index contributed by atoms with van der Waals surface area (Å²) in [5, 5.41) is 8.19. The zero-order chi connectivity index (χ0) is 16.5. The second kappa shape index (κ2) is 5.85. The summed E-state index contributed by atoms with van der Waals surface area (Å²) in [7, 11) is -3.80. The molecule has 1 aromatic heterocycles. The van der Waals surface area contributed by atoms with Crippen LogP contribution >= 0.6 is 11.6 Å². The van der Waals surface area contributed by atoms with Crippen LogP contribution in [0.4, 0.5) is 5.82 Å². The molecule has 7 heteroatoms. The fourth-order valence-electron chi connectivity index (χ4n) is 1.81. The lowest BCUT2D eigenvalue weighted by Gasteiger charge is -2.17. The van der Waals surface area contributed by atoms with Crippen molar-refractivity contribution in [3.05, 3.63) is 46.6 Å². The Morgan fingerprint density at radius 3 is 2.32 bits per heavy atom. The highest BCUT2D eigenvalue weighted by atomic mass is 35.5. The first-order valence-electron chi connectivity index (χ1n) is 6.73. The van der Waals surface area contributed by atoms with Crippen molar-refractivity contribution in [2.45, 2.75) is 38.0 Å². The van der Waals surface area contributed by atoms with E-state index in [0.717, 1.165) is 5.69 Å². The minimum atomic E-state index is -3.80. The molecule has 0 saturated heterocycles. The average molecular weight is 340 g/mol. The predicted molar refractivity (Wildman–Crippen MR) is 87.7 cm³/mol. The van der Waals surface area contributed by atoms with Crippen molar-refractivity contribution < 1.29 is 8.42 Å². The Morgan fingerprint density at radius 2 is 1.77 bits per heavy atom. The Hall–Kier alpha value is -1.66. The summed E-state index contributed by atoms with van der Waals surface area (Å²) in [4.78, 5) is 0.0239. The minimum absolute atomic E-state index is 0.0239. The number of hydrogen-bond acceptors (Lipinski definition) is 4. The van der Waals surface area contributed by atoms with Gasteiger partial charge in [-0.2, -0.15) is 5.10 Å². The Balaban J connectivity index is 2.31. The number of sulfonamides is 1. The predicted octanol–water partition coefficient (Wildman–Crippen LogP) is 3.54. The van der Waals surface area contributed by atoms with E-state index in [1.165, 1.54) is 6.07 Å². The summed E-state index contributed by atoms with van der Waals surface area (Å²) in [5.41, 5.74) is 1.33. The van der Waals surface area contributed by atoms with E-state index in [4.69, 9.17) is 11.6 Å². The molecule has 2 aromatic rings. The van der Waals surface area contributed by atoms with Gasteiger partial charge in [-0.15, -0.1) is 5.10 Å². The third-order valence-electron chi connectivity index (χ3n) is 3.12. The molecular weight excluding hydrogens is 322 g/mol. The van der Waals surface area contributed by atoms with Gasteiger partial charge in [0, 0.05) is 5.41 Å². The van der Waals surface area contributed by atoms with Crippen LogP contribution < -0.4 is 4.72 Å². The fraction of sp³-hybridized carbons (Fsp3) is 0.333. The Morgan fingerprint density at radius 1 is 1.09 bits per heavy atom. The molecule has 0 aliphatic rings. The van der Waals surface area contributed by atoms with Gasteiger partial charge in [-0.05, 0) is 30.7 Å². The van der Waals surface area contributed by atoms with Gasteiger partial charge in [0.2, 0.25) is 0 Å². The van der Waals surface area contributed by atoms with Crippen LogP contribution in [0.25, 0.3) is 0 Å². The molecule has 0 atom stereocenters. The van der Waals surface area contributed by atoms with E-state index in [-0.39, 0.29) is 21.2 Å². The van der Waals surface area contributed by atoms with Crippen molar-refractivity contribution in [3.8, 4) is 0 Å². The lowest BCUT2D eigenvalue weighted by molar-refractivity contribution is 0.559. The number of aromatic nitrogens is 2. The SMILES string of the molecule is Cc1cccc(S(=O)(=O)Nc2ccc(C(C)(C)C)nn2)c1Cl. The van der Waals surface area contributed by atoms with E-state index < -0.39 is 10.0 Å². The van der Waals surface area contributed by atoms with Crippen LogP contribution in [0.3, 0.4) is 0 Å². The van der Waals surface area contributed by atoms with E-state index in [1.807, 2.05) is 20.8 Å². The zero-order valence-corrected chi connectivity index (χ0v) is 14.5. The van der Waals surface area contributed by atoms with Crippen molar-refractivity contribution in [2.24, 2.45) is 0 Å². The van der Waals surface area contributed by atoms with E-state index in [2.05, 4.69) is 14.9 Å². The van der Waals surface area contributed by atoms with Gasteiger partial charge in [-0.1, -0.05) is 44.5 Å². The largest absolute Gasteiger partial charge is 0.264 e. The number of benzene rings is 1. The molecule has 0 bridgehead atoms. The van der Waals surface area contributed by atoms with E-state index >= 15 is 0 Å². The fourth-order valence-corrected chi connectivity index (χ4v) is 3.39. The third kappa shape index (κ3) is 3.56. The van der Waals surface area contributed by atoms with Crippen molar-refractivity contribution in [1.29, 1.82) is 0 Å². The normalized spacial score (nSPS) is 12.2. The first-order chi connectivity index (χ1) is 10.1. The molecule has 1 heterocycles. The minimum Gasteiger partial charge on any atom is -0.262 e. The van der Waals surface area contributed by atoms with Crippen LogP contribution in [0.5, 0.6) is 0 Å². The molecule has 0 amide bonds. The third-order valence-corrected chi connectivity index (χ3v) is 5.13. The van der Waals surface area contributed by atoms with Crippen LogP contribution in [0.2, 0.25) is 5.02 Å². The zero-order valence-electron chi connectivity index (χ0n) is 12.9. The van der Waals surface area contributed by atoms with E-state index in [1.54, 1.807) is 31.2 Å². The maximum Gasteiger partial charge on any atom is 0.264 e. The first kappa shape index (κ1) is 16.7. The van der Waals surface area contributed by atoms with Gasteiger partial charge in [-0.3, -0.25) is 4.72 Å². The summed E-state index contributed by atoms with van der Waals surface area (Å²) in [6.07, 6.45) is 0. The number of nitrogens with one attached hydrogen (secondary N) is 1. The summed E-state index contributed by atoms with van der Waals surface area (Å²) in [6, 6.07) is 8.19. The lowest BCUT2D eigenvalue weighted by Crippen LogP contribution is -2.17. The van der Waals surface area contributed by atoms with Crippen LogP contribution in [0, 0.1) is 6.92 Å². The van der Waals surface area contributed by atoms with Gasteiger partial charge in [0.25, 0.3) is 10.0 Å². The van der Waals surface area contributed by atoms with Gasteiger partial charge in [-0.25, -0.2) is 8.42 Å². The topological polar surface area (TPSA) is 72.0 Å². The molecule has 0 unspecified atom stereocenters. The van der Waals surface area contributed by atoms with Gasteiger partial charge < -0.3 is 0 Å². The van der Waals surface area contributed by atoms with Crippen molar-refractivity contribution >= 4 is 27.4 Å². The number of halogens is 1. The lowest BCUT2D eigenvalue weighted by atomic mass is 9.92. The molecule has 1 aromatic carbocycles. The first-order valence-corrected chi connectivity index (χ1v) is 8.59. The highest BCUT2D eigenvalue weighted by molar-refractivity contribution is 7.92. The number of nitrogens with zero attached hydrogens (tertiary/aromatic N) is 2. The molecule has 0 radical (unpaired) electrons. The van der Waals surface area contributed by atoms with Crippen LogP contribution in [-0.2, 0) is 15.4 Å². The molecule has 0 aliphatic carbocycles. The molecule has 0 aliphatic heterocycles. The molecule has 118 valence electrons. The summed E-state index contributed by atoms with van der Waals surface area (Å²) in [6.45, 7) is 7.77. The smallest absolute Gasteiger partial charge is 0.262 e. The molecule has 1 N–H and O–H groups in total. The van der Waals surface area contributed by atoms with Crippen LogP contribution in [0.15, 0.2) is 35.2 Å². The Bertz CT molecular complexity index is 781. The molecule has 0 fully saturated rings. The monoisotopic (exact) mass is 339 g/mol. The van der Waals surface area contributed by atoms with Crippen molar-refractivity contribution in [3.63, 3.8) is 0 Å². The molecular formula is C15H18ClN3O2S. The van der Waals surface area contributed by atoms with E-state index in [0.29, 0.717) is 5.56 Å². The summed E-state index contributed by atoms with van der Waals surface area (Å²) in [5.74, 6) is 0.158. The second-order valence-corrected chi connectivity index (χ2v) is 8.08. The Kier molecular flexibility index (Phi) is 4.44. The molecule has 0 spiro atoms. The van der Waals surface area contributed by atoms with Gasteiger partial charge >= 0.3 is 0 Å². The molecule has 0 saturated carbocycles. The van der Waals surface area contributed by atoms with Crippen molar-refractivity contribution in [1.82, 2.24) is 10.2 Å². The highest BCUT2D eigenvalue weighted by Crippen LogP contribution is 2.26. The molecule has 5 nitrogen and oxygen atoms in total. The van der Waals surface area contributed by atoms with Gasteiger partial charge in [0.05, 0.1) is 10.7 Å². The number of anilines is 1. The van der Waals surface area contributed by atoms with Crippen LogP contribution in [0.1, 0.15) is 32.0 Å². The van der Waals surface area contributed by atoms with Gasteiger partial charge in [0.1, 0.15) is 4.90 Å². The highest BCUT2D eigenvalue weighted by Gasteiger charge is 2.21. The summed E-state index contributed by atoms with van der Waals surface area (Å²) < 4.78 is 27.2. The maximum absolute atomic E-state index is 12.4. The molecule has 22 heavy (non-hydrogen) atoms. The Labute approximate surface area is 135 Å². The number of rotatable bonds is 3.